The van der Waals surface area contributed by atoms with Gasteiger partial charge in [0.05, 0.1) is 11.4 Å². The summed E-state index contributed by atoms with van der Waals surface area (Å²) in [4.78, 5) is 28.3. The number of rotatable bonds is 4. The summed E-state index contributed by atoms with van der Waals surface area (Å²) in [6.07, 6.45) is 2.43. The van der Waals surface area contributed by atoms with Gasteiger partial charge in [-0.2, -0.15) is 0 Å². The number of carbonyl (C=O) groups excluding carboxylic acids is 2. The second kappa shape index (κ2) is 7.84. The molecule has 0 spiro atoms. The van der Waals surface area contributed by atoms with Gasteiger partial charge in [0.2, 0.25) is 5.91 Å². The van der Waals surface area contributed by atoms with Crippen molar-refractivity contribution in [3.05, 3.63) is 65.3 Å². The van der Waals surface area contributed by atoms with Crippen LogP contribution in [0.25, 0.3) is 17.3 Å². The number of hydrogen-bond acceptors (Lipinski definition) is 5. The molecule has 1 aliphatic rings. The van der Waals surface area contributed by atoms with Crippen LogP contribution in [0.2, 0.25) is 0 Å². The highest BCUT2D eigenvalue weighted by atomic mass is 32.1. The molecule has 1 atom stereocenters. The molecule has 1 unspecified atom stereocenters. The molecule has 2 amide bonds. The van der Waals surface area contributed by atoms with Crippen molar-refractivity contribution in [1.29, 1.82) is 0 Å². The Hall–Kier alpha value is -3.52. The molecule has 146 valence electrons. The molecule has 6 nitrogen and oxygen atoms in total. The highest BCUT2D eigenvalue weighted by molar-refractivity contribution is 7.14. The molecule has 4 rings (SSSR count). The number of halogens is 1. The summed E-state index contributed by atoms with van der Waals surface area (Å²) < 4.78 is 18.5. The maximum absolute atomic E-state index is 12.9. The summed E-state index contributed by atoms with van der Waals surface area (Å²) in [7, 11) is 0. The average Bonchev–Trinajstić information content (AvgIpc) is 3.16. The number of fused-ring (bicyclic) bond motifs is 1. The summed E-state index contributed by atoms with van der Waals surface area (Å²) in [5, 5.41) is 7.77. The summed E-state index contributed by atoms with van der Waals surface area (Å²) >= 11 is 1.29. The van der Waals surface area contributed by atoms with E-state index < -0.39 is 6.10 Å². The predicted molar refractivity (Wildman–Crippen MR) is 110 cm³/mol. The van der Waals surface area contributed by atoms with Crippen LogP contribution in [-0.2, 0) is 9.59 Å². The van der Waals surface area contributed by atoms with Crippen molar-refractivity contribution in [1.82, 2.24) is 4.98 Å². The smallest absolute Gasteiger partial charge is 0.265 e. The van der Waals surface area contributed by atoms with Gasteiger partial charge in [0.25, 0.3) is 5.91 Å². The van der Waals surface area contributed by atoms with Gasteiger partial charge in [-0.05, 0) is 48.9 Å². The fourth-order valence-corrected chi connectivity index (χ4v) is 3.45. The molecule has 29 heavy (non-hydrogen) atoms. The van der Waals surface area contributed by atoms with E-state index in [1.807, 2.05) is 11.4 Å². The highest BCUT2D eigenvalue weighted by Gasteiger charge is 2.23. The number of amides is 2. The summed E-state index contributed by atoms with van der Waals surface area (Å²) in [6.45, 7) is 1.69. The Kier molecular flexibility index (Phi) is 5.09. The van der Waals surface area contributed by atoms with E-state index in [4.69, 9.17) is 4.74 Å². The topological polar surface area (TPSA) is 80.3 Å². The first-order valence-electron chi connectivity index (χ1n) is 8.80. The standard InChI is InChI=1S/C21H16FN3O3S/c1-12-20(27)23-16-10-14(5-8-18(16)28-12)17-11-29-21(24-17)25-19(26)9-4-13-2-6-15(22)7-3-13/h2-12H,1H3,(H,23,27)(H,24,25,26)/b9-4+. The Bertz CT molecular complexity index is 1110. The van der Waals surface area contributed by atoms with Crippen LogP contribution in [0.1, 0.15) is 12.5 Å². The molecule has 0 saturated heterocycles. The summed E-state index contributed by atoms with van der Waals surface area (Å²) in [5.74, 6) is -0.260. The minimum Gasteiger partial charge on any atom is -0.479 e. The van der Waals surface area contributed by atoms with Crippen molar-refractivity contribution in [3.8, 4) is 17.0 Å². The Morgan fingerprint density at radius 1 is 1.28 bits per heavy atom. The van der Waals surface area contributed by atoms with Crippen LogP contribution in [0.5, 0.6) is 5.75 Å². The molecule has 0 fully saturated rings. The van der Waals surface area contributed by atoms with E-state index in [1.165, 1.54) is 29.5 Å². The lowest BCUT2D eigenvalue weighted by atomic mass is 10.1. The van der Waals surface area contributed by atoms with Gasteiger partial charge in [-0.1, -0.05) is 12.1 Å². The predicted octanol–water partition coefficient (Wildman–Crippen LogP) is 4.32. The van der Waals surface area contributed by atoms with Gasteiger partial charge in [-0.25, -0.2) is 9.37 Å². The molecule has 0 bridgehead atoms. The van der Waals surface area contributed by atoms with E-state index in [9.17, 15) is 14.0 Å². The van der Waals surface area contributed by atoms with Crippen molar-refractivity contribution in [2.45, 2.75) is 13.0 Å². The number of anilines is 2. The van der Waals surface area contributed by atoms with E-state index in [1.54, 1.807) is 37.3 Å². The Labute approximate surface area is 170 Å². The SMILES string of the molecule is CC1Oc2ccc(-c3csc(NC(=O)/C=C/c4ccc(F)cc4)n3)cc2NC1=O. The third kappa shape index (κ3) is 4.33. The number of carbonyl (C=O) groups is 2. The van der Waals surface area contributed by atoms with Crippen molar-refractivity contribution >= 4 is 40.0 Å². The third-order valence-electron chi connectivity index (χ3n) is 4.24. The molecule has 0 saturated carbocycles. The van der Waals surface area contributed by atoms with Crippen molar-refractivity contribution < 1.29 is 18.7 Å². The van der Waals surface area contributed by atoms with Crippen LogP contribution in [0.3, 0.4) is 0 Å². The van der Waals surface area contributed by atoms with Gasteiger partial charge in [-0.3, -0.25) is 14.9 Å². The zero-order valence-electron chi connectivity index (χ0n) is 15.3. The highest BCUT2D eigenvalue weighted by Crippen LogP contribution is 2.34. The average molecular weight is 409 g/mol. The molecule has 1 aliphatic heterocycles. The van der Waals surface area contributed by atoms with E-state index in [-0.39, 0.29) is 17.6 Å². The van der Waals surface area contributed by atoms with Gasteiger partial charge in [0.1, 0.15) is 11.6 Å². The number of nitrogens with one attached hydrogen (secondary N) is 2. The second-order valence-electron chi connectivity index (χ2n) is 6.37. The quantitative estimate of drug-likeness (QED) is 0.629. The van der Waals surface area contributed by atoms with Crippen molar-refractivity contribution in [2.75, 3.05) is 10.6 Å². The Balaban J connectivity index is 1.44. The summed E-state index contributed by atoms with van der Waals surface area (Å²) in [6, 6.07) is 11.2. The third-order valence-corrected chi connectivity index (χ3v) is 5.00. The van der Waals surface area contributed by atoms with Gasteiger partial charge in [-0.15, -0.1) is 11.3 Å². The van der Waals surface area contributed by atoms with Gasteiger partial charge in [0, 0.05) is 17.0 Å². The van der Waals surface area contributed by atoms with Crippen molar-refractivity contribution in [3.63, 3.8) is 0 Å². The zero-order valence-corrected chi connectivity index (χ0v) is 16.1. The van der Waals surface area contributed by atoms with Gasteiger partial charge < -0.3 is 10.1 Å². The molecule has 0 radical (unpaired) electrons. The molecule has 0 aliphatic carbocycles. The molecule has 2 N–H and O–H groups in total. The van der Waals surface area contributed by atoms with Crippen LogP contribution in [0.4, 0.5) is 15.2 Å². The molecule has 2 aromatic carbocycles. The normalized spacial score (nSPS) is 15.5. The molecule has 1 aromatic heterocycles. The van der Waals surface area contributed by atoms with Crippen LogP contribution in [-0.4, -0.2) is 22.9 Å². The first-order chi connectivity index (χ1) is 14.0. The zero-order chi connectivity index (χ0) is 20.4. The molecule has 3 aromatic rings. The lowest BCUT2D eigenvalue weighted by molar-refractivity contribution is -0.122. The first-order valence-corrected chi connectivity index (χ1v) is 9.68. The Morgan fingerprint density at radius 2 is 2.07 bits per heavy atom. The number of hydrogen-bond donors (Lipinski definition) is 2. The van der Waals surface area contributed by atoms with Crippen LogP contribution < -0.4 is 15.4 Å². The van der Waals surface area contributed by atoms with Crippen LogP contribution >= 0.6 is 11.3 Å². The monoisotopic (exact) mass is 409 g/mol. The fraction of sp³-hybridized carbons (Fsp3) is 0.0952. The number of aromatic nitrogens is 1. The molecule has 2 heterocycles. The minimum atomic E-state index is -0.530. The van der Waals surface area contributed by atoms with E-state index in [2.05, 4.69) is 15.6 Å². The minimum absolute atomic E-state index is 0.200. The second-order valence-corrected chi connectivity index (χ2v) is 7.23. The van der Waals surface area contributed by atoms with Gasteiger partial charge in [0.15, 0.2) is 11.2 Å². The number of thiazole rings is 1. The van der Waals surface area contributed by atoms with E-state index >= 15 is 0 Å². The Morgan fingerprint density at radius 3 is 2.86 bits per heavy atom. The van der Waals surface area contributed by atoms with Crippen LogP contribution in [0.15, 0.2) is 53.9 Å². The lowest BCUT2D eigenvalue weighted by Crippen LogP contribution is -2.34. The largest absolute Gasteiger partial charge is 0.479 e. The number of nitrogens with zero attached hydrogens (tertiary/aromatic N) is 1. The van der Waals surface area contributed by atoms with Crippen molar-refractivity contribution in [2.24, 2.45) is 0 Å². The summed E-state index contributed by atoms with van der Waals surface area (Å²) in [5.41, 5.74) is 2.77. The molecule has 8 heteroatoms. The lowest BCUT2D eigenvalue weighted by Gasteiger charge is -2.23. The molecular formula is C21H16FN3O3S. The first kappa shape index (κ1) is 18.8. The van der Waals surface area contributed by atoms with Gasteiger partial charge >= 0.3 is 0 Å². The number of benzene rings is 2. The maximum Gasteiger partial charge on any atom is 0.265 e. The van der Waals surface area contributed by atoms with Crippen LogP contribution in [0, 0.1) is 5.82 Å². The number of ether oxygens (including phenoxy) is 1. The maximum atomic E-state index is 12.9. The van der Waals surface area contributed by atoms with E-state index in [0.717, 1.165) is 5.56 Å². The molecular weight excluding hydrogens is 393 g/mol. The fourth-order valence-electron chi connectivity index (χ4n) is 2.72. The van der Waals surface area contributed by atoms with E-state index in [0.29, 0.717) is 27.8 Å².